The van der Waals surface area contributed by atoms with E-state index in [1.54, 1.807) is 17.5 Å². The van der Waals surface area contributed by atoms with Crippen molar-refractivity contribution in [1.82, 2.24) is 10.3 Å². The van der Waals surface area contributed by atoms with Crippen LogP contribution in [0.3, 0.4) is 0 Å². The van der Waals surface area contributed by atoms with Crippen LogP contribution in [0.1, 0.15) is 29.6 Å². The maximum absolute atomic E-state index is 11.3. The van der Waals surface area contributed by atoms with Crippen molar-refractivity contribution >= 4 is 45.9 Å². The number of nitrogens with zero attached hydrogens (tertiary/aromatic N) is 2. The van der Waals surface area contributed by atoms with Gasteiger partial charge in [0.2, 0.25) is 5.91 Å². The van der Waals surface area contributed by atoms with Gasteiger partial charge in [0.25, 0.3) is 0 Å². The lowest BCUT2D eigenvalue weighted by Gasteiger charge is -2.27. The number of thiophene rings is 1. The summed E-state index contributed by atoms with van der Waals surface area (Å²) >= 11 is 7.38. The lowest BCUT2D eigenvalue weighted by atomic mass is 10.0. The molecule has 4 rings (SSSR count). The molecule has 0 bridgehead atoms. The number of anilines is 2. The van der Waals surface area contributed by atoms with Gasteiger partial charge in [0.15, 0.2) is 5.11 Å². The Hall–Kier alpha value is -2.77. The number of carbonyl (C=O) groups is 1. The predicted molar refractivity (Wildman–Crippen MR) is 113 cm³/mol. The number of rotatable bonds is 4. The summed E-state index contributed by atoms with van der Waals surface area (Å²) in [6.07, 6.45) is 1.80. The molecule has 0 radical (unpaired) electrons. The molecule has 1 amide bonds. The van der Waals surface area contributed by atoms with E-state index in [4.69, 9.17) is 12.2 Å². The number of amides is 1. The first-order chi connectivity index (χ1) is 13.1. The highest BCUT2D eigenvalue weighted by atomic mass is 32.1. The van der Waals surface area contributed by atoms with Gasteiger partial charge in [-0.1, -0.05) is 12.1 Å². The van der Waals surface area contributed by atoms with Gasteiger partial charge in [-0.15, -0.1) is 11.3 Å². The second-order valence-corrected chi connectivity index (χ2v) is 7.61. The largest absolute Gasteiger partial charge is 0.351 e. The molecule has 1 fully saturated rings. The molecule has 1 aliphatic rings. The van der Waals surface area contributed by atoms with Crippen molar-refractivity contribution in [3.05, 3.63) is 76.7 Å². The number of benzene rings is 1. The van der Waals surface area contributed by atoms with Gasteiger partial charge in [-0.25, -0.2) is 0 Å². The molecule has 2 aromatic heterocycles. The number of hydrogen-bond acceptors (Lipinski definition) is 4. The second kappa shape index (κ2) is 7.46. The fraction of sp³-hybridized carbons (Fsp3) is 0.150. The molecular weight excluding hydrogens is 376 g/mol. The molecule has 0 unspecified atom stereocenters. The van der Waals surface area contributed by atoms with Gasteiger partial charge in [-0.2, -0.15) is 0 Å². The zero-order valence-electron chi connectivity index (χ0n) is 14.6. The Bertz CT molecular complexity index is 942. The minimum Gasteiger partial charge on any atom is -0.351 e. The molecule has 2 N–H and O–H groups in total. The SMILES string of the molecule is CC(=O)Nc1ccc(N2C(=S)N[C@@H](c3ccccn3)[C@H]2c2cccs2)cc1. The van der Waals surface area contributed by atoms with Crippen LogP contribution in [0, 0.1) is 0 Å². The summed E-state index contributed by atoms with van der Waals surface area (Å²) in [5, 5.41) is 8.97. The Balaban J connectivity index is 1.72. The number of pyridine rings is 1. The molecule has 3 aromatic rings. The van der Waals surface area contributed by atoms with E-state index in [2.05, 4.69) is 38.0 Å². The van der Waals surface area contributed by atoms with Crippen LogP contribution >= 0.6 is 23.6 Å². The van der Waals surface area contributed by atoms with Gasteiger partial charge >= 0.3 is 0 Å². The highest BCUT2D eigenvalue weighted by molar-refractivity contribution is 7.80. The Morgan fingerprint density at radius 2 is 2.00 bits per heavy atom. The minimum absolute atomic E-state index is 0.0130. The summed E-state index contributed by atoms with van der Waals surface area (Å²) in [5.74, 6) is -0.0900. The molecular formula is C20H18N4OS2. The van der Waals surface area contributed by atoms with Crippen molar-refractivity contribution < 1.29 is 4.79 Å². The third kappa shape index (κ3) is 3.56. The molecule has 1 aromatic carbocycles. The van der Waals surface area contributed by atoms with Crippen molar-refractivity contribution in [3.8, 4) is 0 Å². The van der Waals surface area contributed by atoms with Crippen LogP contribution in [0.4, 0.5) is 11.4 Å². The Morgan fingerprint density at radius 1 is 1.19 bits per heavy atom. The number of nitrogens with one attached hydrogen (secondary N) is 2. The van der Waals surface area contributed by atoms with Crippen LogP contribution in [-0.2, 0) is 4.79 Å². The molecule has 0 aliphatic carbocycles. The van der Waals surface area contributed by atoms with Crippen molar-refractivity contribution in [2.24, 2.45) is 0 Å². The number of aromatic nitrogens is 1. The number of thiocarbonyl (C=S) groups is 1. The first-order valence-electron chi connectivity index (χ1n) is 8.55. The molecule has 0 spiro atoms. The monoisotopic (exact) mass is 394 g/mol. The molecule has 5 nitrogen and oxygen atoms in total. The zero-order chi connectivity index (χ0) is 18.8. The van der Waals surface area contributed by atoms with Gasteiger partial charge < -0.3 is 15.5 Å². The van der Waals surface area contributed by atoms with E-state index in [1.165, 1.54) is 11.8 Å². The lowest BCUT2D eigenvalue weighted by Crippen LogP contribution is -2.29. The van der Waals surface area contributed by atoms with Crippen molar-refractivity contribution in [2.75, 3.05) is 10.2 Å². The smallest absolute Gasteiger partial charge is 0.221 e. The standard InChI is InChI=1S/C20H18N4OS2/c1-13(25)22-14-7-9-15(10-8-14)24-19(17-6-4-12-27-17)18(23-20(24)26)16-5-2-3-11-21-16/h2-12,18-19H,1H3,(H,22,25)(H,23,26)/t18-,19+/m0/s1. The van der Waals surface area contributed by atoms with Crippen molar-refractivity contribution in [2.45, 2.75) is 19.0 Å². The van der Waals surface area contributed by atoms with Gasteiger partial charge in [-0.05, 0) is 60.1 Å². The van der Waals surface area contributed by atoms with Crippen molar-refractivity contribution in [3.63, 3.8) is 0 Å². The van der Waals surface area contributed by atoms with Crippen LogP contribution < -0.4 is 15.5 Å². The third-order valence-corrected chi connectivity index (χ3v) is 5.66. The van der Waals surface area contributed by atoms with Crippen molar-refractivity contribution in [1.29, 1.82) is 0 Å². The molecule has 0 saturated carbocycles. The van der Waals surface area contributed by atoms with Crippen LogP contribution in [0.5, 0.6) is 0 Å². The fourth-order valence-corrected chi connectivity index (χ4v) is 4.49. The average molecular weight is 395 g/mol. The van der Waals surface area contributed by atoms with E-state index in [9.17, 15) is 4.79 Å². The Labute approximate surface area is 167 Å². The molecule has 136 valence electrons. The van der Waals surface area contributed by atoms with E-state index in [0.29, 0.717) is 5.11 Å². The third-order valence-electron chi connectivity index (χ3n) is 4.40. The maximum atomic E-state index is 11.3. The highest BCUT2D eigenvalue weighted by Gasteiger charge is 2.41. The quantitative estimate of drug-likeness (QED) is 0.647. The van der Waals surface area contributed by atoms with E-state index in [1.807, 2.05) is 42.5 Å². The van der Waals surface area contributed by atoms with Crippen LogP contribution in [0.2, 0.25) is 0 Å². The second-order valence-electron chi connectivity index (χ2n) is 6.24. The Kier molecular flexibility index (Phi) is 4.87. The van der Waals surface area contributed by atoms with Crippen LogP contribution in [0.25, 0.3) is 0 Å². The first kappa shape index (κ1) is 17.6. The molecule has 1 saturated heterocycles. The minimum atomic E-state index is -0.0900. The van der Waals surface area contributed by atoms with Gasteiger partial charge in [0, 0.05) is 29.4 Å². The van der Waals surface area contributed by atoms with Gasteiger partial charge in [0.1, 0.15) is 0 Å². The summed E-state index contributed by atoms with van der Waals surface area (Å²) < 4.78 is 0. The molecule has 2 atom stereocenters. The van der Waals surface area contributed by atoms with Crippen LogP contribution in [0.15, 0.2) is 66.2 Å². The maximum Gasteiger partial charge on any atom is 0.221 e. The Morgan fingerprint density at radius 3 is 2.63 bits per heavy atom. The van der Waals surface area contributed by atoms with Crippen LogP contribution in [-0.4, -0.2) is 16.0 Å². The van der Waals surface area contributed by atoms with Gasteiger partial charge in [-0.3, -0.25) is 9.78 Å². The topological polar surface area (TPSA) is 57.3 Å². The highest BCUT2D eigenvalue weighted by Crippen LogP contribution is 2.43. The zero-order valence-corrected chi connectivity index (χ0v) is 16.3. The number of hydrogen-bond donors (Lipinski definition) is 2. The lowest BCUT2D eigenvalue weighted by molar-refractivity contribution is -0.114. The van der Waals surface area contributed by atoms with Gasteiger partial charge in [0.05, 0.1) is 17.8 Å². The summed E-state index contributed by atoms with van der Waals surface area (Å²) in [6, 6.07) is 17.8. The predicted octanol–water partition coefficient (Wildman–Crippen LogP) is 4.28. The van der Waals surface area contributed by atoms with E-state index < -0.39 is 0 Å². The normalized spacial score (nSPS) is 19.0. The molecule has 7 heteroatoms. The summed E-state index contributed by atoms with van der Waals surface area (Å²) in [5.41, 5.74) is 2.69. The average Bonchev–Trinajstić information content (AvgIpc) is 3.30. The summed E-state index contributed by atoms with van der Waals surface area (Å²) in [6.45, 7) is 1.50. The fourth-order valence-electron chi connectivity index (χ4n) is 3.29. The first-order valence-corrected chi connectivity index (χ1v) is 9.84. The van der Waals surface area contributed by atoms with E-state index >= 15 is 0 Å². The summed E-state index contributed by atoms with van der Waals surface area (Å²) in [7, 11) is 0. The molecule has 27 heavy (non-hydrogen) atoms. The summed E-state index contributed by atoms with van der Waals surface area (Å²) in [4.78, 5) is 19.1. The molecule has 1 aliphatic heterocycles. The number of carbonyl (C=O) groups excluding carboxylic acids is 1. The molecule has 3 heterocycles. The van der Waals surface area contributed by atoms with E-state index in [0.717, 1.165) is 17.1 Å². The van der Waals surface area contributed by atoms with E-state index in [-0.39, 0.29) is 18.0 Å².